The molecule has 98 valence electrons. The molecule has 0 aromatic heterocycles. The van der Waals surface area contributed by atoms with Crippen LogP contribution in [0.2, 0.25) is 5.02 Å². The number of anilines is 2. The lowest BCUT2D eigenvalue weighted by molar-refractivity contribution is 0.0698. The molecule has 3 nitrogen and oxygen atoms in total. The van der Waals surface area contributed by atoms with E-state index in [9.17, 15) is 9.90 Å². The highest BCUT2D eigenvalue weighted by molar-refractivity contribution is 14.1. The Bertz CT molecular complexity index is 643. The zero-order chi connectivity index (χ0) is 14.0. The van der Waals surface area contributed by atoms with Gasteiger partial charge in [0.25, 0.3) is 0 Å². The molecule has 2 rings (SSSR count). The minimum Gasteiger partial charge on any atom is -0.478 e. The van der Waals surface area contributed by atoms with Crippen molar-refractivity contribution in [2.24, 2.45) is 0 Å². The third-order valence-corrected chi connectivity index (χ3v) is 3.59. The monoisotopic (exact) mass is 387 g/mol. The van der Waals surface area contributed by atoms with Crippen LogP contribution in [0.1, 0.15) is 15.9 Å². The first kappa shape index (κ1) is 14.1. The number of hydrogen-bond donors (Lipinski definition) is 2. The number of rotatable bonds is 3. The van der Waals surface area contributed by atoms with Gasteiger partial charge in [-0.05, 0) is 65.4 Å². The second kappa shape index (κ2) is 5.79. The van der Waals surface area contributed by atoms with E-state index in [2.05, 4.69) is 27.9 Å². The molecule has 2 aromatic carbocycles. The molecule has 2 aromatic rings. The van der Waals surface area contributed by atoms with E-state index < -0.39 is 5.97 Å². The van der Waals surface area contributed by atoms with Crippen molar-refractivity contribution in [2.45, 2.75) is 6.92 Å². The predicted molar refractivity (Wildman–Crippen MR) is 85.6 cm³/mol. The Hall–Kier alpha value is -1.27. The number of aryl methyl sites for hydroxylation is 1. The second-order valence-electron chi connectivity index (χ2n) is 4.08. The predicted octanol–water partition coefficient (Wildman–Crippen LogP) is 4.69. The van der Waals surface area contributed by atoms with Crippen LogP contribution in [0.3, 0.4) is 0 Å². The van der Waals surface area contributed by atoms with Gasteiger partial charge >= 0.3 is 5.97 Å². The van der Waals surface area contributed by atoms with Crippen molar-refractivity contribution in [3.8, 4) is 0 Å². The van der Waals surface area contributed by atoms with Gasteiger partial charge < -0.3 is 10.4 Å². The van der Waals surface area contributed by atoms with Gasteiger partial charge in [-0.15, -0.1) is 0 Å². The number of halogens is 2. The van der Waals surface area contributed by atoms with Gasteiger partial charge in [-0.3, -0.25) is 0 Å². The van der Waals surface area contributed by atoms with Crippen molar-refractivity contribution >= 4 is 51.5 Å². The lowest BCUT2D eigenvalue weighted by atomic mass is 10.1. The number of nitrogens with one attached hydrogen (secondary N) is 1. The van der Waals surface area contributed by atoms with Crippen LogP contribution >= 0.6 is 34.2 Å². The lowest BCUT2D eigenvalue weighted by Gasteiger charge is -2.12. The Balaban J connectivity index is 2.43. The Morgan fingerprint density at radius 1 is 1.21 bits per heavy atom. The summed E-state index contributed by atoms with van der Waals surface area (Å²) in [6.07, 6.45) is 0. The quantitative estimate of drug-likeness (QED) is 0.751. The highest BCUT2D eigenvalue weighted by Gasteiger charge is 2.11. The normalized spacial score (nSPS) is 10.3. The fourth-order valence-corrected chi connectivity index (χ4v) is 2.34. The lowest BCUT2D eigenvalue weighted by Crippen LogP contribution is -2.03. The molecule has 0 saturated heterocycles. The van der Waals surface area contributed by atoms with E-state index >= 15 is 0 Å². The standard InChI is InChI=1S/C14H11ClINO2/c1-8-2-4-10(16)7-13(8)17-12-5-3-9(15)6-11(12)14(18)19/h2-7,17H,1H3,(H,18,19). The van der Waals surface area contributed by atoms with Crippen molar-refractivity contribution in [1.29, 1.82) is 0 Å². The zero-order valence-electron chi connectivity index (χ0n) is 10.1. The summed E-state index contributed by atoms with van der Waals surface area (Å²) in [5.74, 6) is -1.01. The summed E-state index contributed by atoms with van der Waals surface area (Å²) in [6, 6.07) is 10.7. The number of carboxylic acids is 1. The van der Waals surface area contributed by atoms with Crippen molar-refractivity contribution in [3.05, 3.63) is 56.1 Å². The highest BCUT2D eigenvalue weighted by atomic mass is 127. The molecule has 19 heavy (non-hydrogen) atoms. The van der Waals surface area contributed by atoms with E-state index in [0.29, 0.717) is 10.7 Å². The minimum absolute atomic E-state index is 0.158. The summed E-state index contributed by atoms with van der Waals surface area (Å²) in [5, 5.41) is 12.7. The number of carbonyl (C=O) groups is 1. The molecule has 0 radical (unpaired) electrons. The van der Waals surface area contributed by atoms with Crippen molar-refractivity contribution < 1.29 is 9.90 Å². The molecule has 0 aliphatic rings. The third kappa shape index (κ3) is 3.39. The summed E-state index contributed by atoms with van der Waals surface area (Å²) in [5.41, 5.74) is 2.62. The maximum atomic E-state index is 11.2. The molecule has 0 heterocycles. The molecule has 0 atom stereocenters. The van der Waals surface area contributed by atoms with Gasteiger partial charge in [0.2, 0.25) is 0 Å². The Kier molecular flexibility index (Phi) is 4.31. The van der Waals surface area contributed by atoms with Crippen LogP contribution in [0, 0.1) is 10.5 Å². The van der Waals surface area contributed by atoms with Gasteiger partial charge in [0.05, 0.1) is 11.3 Å². The highest BCUT2D eigenvalue weighted by Crippen LogP contribution is 2.27. The van der Waals surface area contributed by atoms with Crippen molar-refractivity contribution in [3.63, 3.8) is 0 Å². The van der Waals surface area contributed by atoms with Crippen LogP contribution in [0.4, 0.5) is 11.4 Å². The topological polar surface area (TPSA) is 49.3 Å². The maximum absolute atomic E-state index is 11.2. The first-order valence-electron chi connectivity index (χ1n) is 5.53. The molecular weight excluding hydrogens is 377 g/mol. The van der Waals surface area contributed by atoms with E-state index in [1.54, 1.807) is 12.1 Å². The molecule has 5 heteroatoms. The van der Waals surface area contributed by atoms with Gasteiger partial charge in [-0.2, -0.15) is 0 Å². The minimum atomic E-state index is -1.01. The molecule has 0 spiro atoms. The van der Waals surface area contributed by atoms with E-state index in [1.807, 2.05) is 25.1 Å². The number of hydrogen-bond acceptors (Lipinski definition) is 2. The average molecular weight is 388 g/mol. The molecule has 0 fully saturated rings. The summed E-state index contributed by atoms with van der Waals surface area (Å²) in [6.45, 7) is 1.97. The van der Waals surface area contributed by atoms with Crippen molar-refractivity contribution in [1.82, 2.24) is 0 Å². The number of carboxylic acid groups (broad SMARTS) is 1. The van der Waals surface area contributed by atoms with Gasteiger partial charge in [0.1, 0.15) is 0 Å². The fraction of sp³-hybridized carbons (Fsp3) is 0.0714. The smallest absolute Gasteiger partial charge is 0.337 e. The Labute approximate surface area is 129 Å². The van der Waals surface area contributed by atoms with Gasteiger partial charge in [0.15, 0.2) is 0 Å². The molecule has 0 unspecified atom stereocenters. The number of aromatic carboxylic acids is 1. The average Bonchev–Trinajstić information content (AvgIpc) is 2.35. The van der Waals surface area contributed by atoms with Crippen LogP contribution in [-0.4, -0.2) is 11.1 Å². The second-order valence-corrected chi connectivity index (χ2v) is 5.76. The van der Waals surface area contributed by atoms with Gasteiger partial charge in [-0.25, -0.2) is 4.79 Å². The first-order valence-corrected chi connectivity index (χ1v) is 6.99. The SMILES string of the molecule is Cc1ccc(I)cc1Nc1ccc(Cl)cc1C(=O)O. The summed E-state index contributed by atoms with van der Waals surface area (Å²) in [7, 11) is 0. The van der Waals surface area contributed by atoms with Crippen LogP contribution in [-0.2, 0) is 0 Å². The fourth-order valence-electron chi connectivity index (χ4n) is 1.68. The van der Waals surface area contributed by atoms with Gasteiger partial charge in [-0.1, -0.05) is 17.7 Å². The number of benzene rings is 2. The molecule has 2 N–H and O–H groups in total. The third-order valence-electron chi connectivity index (χ3n) is 2.68. The molecule has 0 bridgehead atoms. The molecule has 0 aliphatic carbocycles. The largest absolute Gasteiger partial charge is 0.478 e. The van der Waals surface area contributed by atoms with E-state index in [0.717, 1.165) is 14.8 Å². The Morgan fingerprint density at radius 2 is 1.95 bits per heavy atom. The van der Waals surface area contributed by atoms with Crippen molar-refractivity contribution in [2.75, 3.05) is 5.32 Å². The Morgan fingerprint density at radius 3 is 2.63 bits per heavy atom. The summed E-state index contributed by atoms with van der Waals surface area (Å²) < 4.78 is 1.08. The van der Waals surface area contributed by atoms with Crippen LogP contribution in [0.5, 0.6) is 0 Å². The summed E-state index contributed by atoms with van der Waals surface area (Å²) >= 11 is 8.04. The van der Waals surface area contributed by atoms with E-state index in [1.165, 1.54) is 6.07 Å². The molecular formula is C14H11ClINO2. The van der Waals surface area contributed by atoms with Gasteiger partial charge in [0, 0.05) is 14.3 Å². The zero-order valence-corrected chi connectivity index (χ0v) is 13.0. The van der Waals surface area contributed by atoms with Crippen LogP contribution in [0.25, 0.3) is 0 Å². The van der Waals surface area contributed by atoms with Crippen LogP contribution < -0.4 is 5.32 Å². The summed E-state index contributed by atoms with van der Waals surface area (Å²) in [4.78, 5) is 11.2. The first-order chi connectivity index (χ1) is 8.97. The van der Waals surface area contributed by atoms with Crippen LogP contribution in [0.15, 0.2) is 36.4 Å². The molecule has 0 aliphatic heterocycles. The van der Waals surface area contributed by atoms with E-state index in [4.69, 9.17) is 11.6 Å². The molecule has 0 amide bonds. The van der Waals surface area contributed by atoms with E-state index in [-0.39, 0.29) is 5.56 Å². The molecule has 0 saturated carbocycles. The maximum Gasteiger partial charge on any atom is 0.337 e.